The Bertz CT molecular complexity index is 628. The molecule has 2 fully saturated rings. The molecule has 0 aliphatic heterocycles. The summed E-state index contributed by atoms with van der Waals surface area (Å²) in [7, 11) is 0. The quantitative estimate of drug-likeness (QED) is 0.434. The van der Waals surface area contributed by atoms with Crippen molar-refractivity contribution < 1.29 is 19.7 Å². The Morgan fingerprint density at radius 3 is 2.81 bits per heavy atom. The second kappa shape index (κ2) is 10.4. The first-order valence-electron chi connectivity index (χ1n) is 9.60. The van der Waals surface area contributed by atoms with Gasteiger partial charge in [-0.2, -0.15) is 0 Å². The number of rotatable bonds is 6. The molecule has 142 valence electrons. The summed E-state index contributed by atoms with van der Waals surface area (Å²) < 4.78 is 5.09. The average molecular weight is 358 g/mol. The lowest BCUT2D eigenvalue weighted by Crippen LogP contribution is -2.17. The minimum absolute atomic E-state index is 0.0553. The number of carboxylic acid groups (broad SMARTS) is 1. The van der Waals surface area contributed by atoms with Crippen molar-refractivity contribution >= 4 is 5.97 Å². The first-order valence-corrected chi connectivity index (χ1v) is 9.60. The van der Waals surface area contributed by atoms with Crippen LogP contribution in [0.3, 0.4) is 0 Å². The molecule has 0 bridgehead atoms. The molecule has 2 rings (SSSR count). The van der Waals surface area contributed by atoms with E-state index in [1.54, 1.807) is 0 Å². The van der Waals surface area contributed by atoms with Crippen molar-refractivity contribution in [2.45, 2.75) is 58.5 Å². The van der Waals surface area contributed by atoms with Gasteiger partial charge in [0.05, 0.1) is 12.7 Å². The number of carbonyl (C=O) groups is 1. The van der Waals surface area contributed by atoms with E-state index in [9.17, 15) is 9.90 Å². The highest BCUT2D eigenvalue weighted by Crippen LogP contribution is 2.49. The summed E-state index contributed by atoms with van der Waals surface area (Å²) in [5, 5.41) is 18.9. The zero-order valence-electron chi connectivity index (χ0n) is 15.8. The predicted molar refractivity (Wildman–Crippen MR) is 101 cm³/mol. The van der Waals surface area contributed by atoms with Crippen LogP contribution in [-0.4, -0.2) is 35.5 Å². The highest BCUT2D eigenvalue weighted by molar-refractivity contribution is 5.68. The standard InChI is InChI=1S/C22H30O4/c1-3-4-5-7-16(2)8-6-9-19-20-13-17(10-11-26-15-22(24)25)12-18(20)14-21(19)23/h10,16,18-21,23H,3,7-8,11-15H2,1-2H3,(H,24,25)/b17-10+/t16-,18-,19+,20-,21+/m0/s1. The van der Waals surface area contributed by atoms with Crippen LogP contribution in [0.25, 0.3) is 0 Å². The number of aliphatic hydroxyl groups excluding tert-OH is 1. The summed E-state index contributed by atoms with van der Waals surface area (Å²) in [4.78, 5) is 10.5. The van der Waals surface area contributed by atoms with Gasteiger partial charge in [-0.15, -0.1) is 17.8 Å². The third kappa shape index (κ3) is 6.20. The summed E-state index contributed by atoms with van der Waals surface area (Å²) >= 11 is 0. The van der Waals surface area contributed by atoms with E-state index in [1.165, 1.54) is 5.57 Å². The Hall–Kier alpha value is -1.75. The molecule has 2 aliphatic rings. The number of aliphatic hydroxyl groups is 1. The highest BCUT2D eigenvalue weighted by Gasteiger charge is 2.45. The molecule has 0 radical (unpaired) electrons. The summed E-state index contributed by atoms with van der Waals surface area (Å²) in [6, 6.07) is 0. The number of ether oxygens (including phenoxy) is 1. The maximum Gasteiger partial charge on any atom is 0.329 e. The van der Waals surface area contributed by atoms with Crippen LogP contribution < -0.4 is 0 Å². The molecule has 0 heterocycles. The topological polar surface area (TPSA) is 66.8 Å². The van der Waals surface area contributed by atoms with Crippen molar-refractivity contribution in [3.63, 3.8) is 0 Å². The Morgan fingerprint density at radius 1 is 1.31 bits per heavy atom. The van der Waals surface area contributed by atoms with E-state index in [1.807, 2.05) is 6.08 Å². The molecule has 5 atom stereocenters. The van der Waals surface area contributed by atoms with Gasteiger partial charge in [-0.3, -0.25) is 0 Å². The summed E-state index contributed by atoms with van der Waals surface area (Å²) in [6.07, 6.45) is 7.01. The SMILES string of the molecule is CCC#CC[C@H](C)CC#C[C@@H]1[C@H]2C/C(=C/COCC(=O)O)C[C@H]2C[C@H]1O. The number of allylic oxidation sites excluding steroid dienone is 1. The van der Waals surface area contributed by atoms with Gasteiger partial charge in [-0.1, -0.05) is 31.4 Å². The van der Waals surface area contributed by atoms with Gasteiger partial charge >= 0.3 is 5.97 Å². The van der Waals surface area contributed by atoms with Crippen molar-refractivity contribution in [2.24, 2.45) is 23.7 Å². The number of aliphatic carboxylic acids is 1. The zero-order chi connectivity index (χ0) is 18.9. The third-order valence-corrected chi connectivity index (χ3v) is 5.23. The maximum atomic E-state index is 10.5. The molecule has 0 aromatic rings. The van der Waals surface area contributed by atoms with Crippen molar-refractivity contribution in [1.29, 1.82) is 0 Å². The second-order valence-corrected chi connectivity index (χ2v) is 7.47. The average Bonchev–Trinajstić information content (AvgIpc) is 3.09. The van der Waals surface area contributed by atoms with Crippen molar-refractivity contribution in [3.8, 4) is 23.7 Å². The fourth-order valence-electron chi connectivity index (χ4n) is 3.95. The molecule has 0 amide bonds. The van der Waals surface area contributed by atoms with Gasteiger partial charge in [-0.05, 0) is 37.0 Å². The largest absolute Gasteiger partial charge is 0.480 e. The van der Waals surface area contributed by atoms with Crippen LogP contribution in [0.1, 0.15) is 52.4 Å². The molecule has 2 aliphatic carbocycles. The van der Waals surface area contributed by atoms with Crippen molar-refractivity contribution in [2.75, 3.05) is 13.2 Å². The molecule has 4 nitrogen and oxygen atoms in total. The van der Waals surface area contributed by atoms with Crippen LogP contribution in [0.5, 0.6) is 0 Å². The van der Waals surface area contributed by atoms with E-state index in [0.717, 1.165) is 38.5 Å². The molecule has 0 aromatic carbocycles. The zero-order valence-corrected chi connectivity index (χ0v) is 15.8. The number of hydrogen-bond donors (Lipinski definition) is 2. The molecule has 26 heavy (non-hydrogen) atoms. The Morgan fingerprint density at radius 2 is 2.08 bits per heavy atom. The Kier molecular flexibility index (Phi) is 8.23. The normalized spacial score (nSPS) is 29.4. The Labute approximate surface area is 157 Å². The molecule has 0 spiro atoms. The molecule has 0 saturated heterocycles. The molecule has 2 N–H and O–H groups in total. The van der Waals surface area contributed by atoms with E-state index < -0.39 is 5.97 Å². The Balaban J connectivity index is 1.84. The van der Waals surface area contributed by atoms with Crippen LogP contribution in [0.4, 0.5) is 0 Å². The summed E-state index contributed by atoms with van der Waals surface area (Å²) in [6.45, 7) is 4.30. The van der Waals surface area contributed by atoms with E-state index in [4.69, 9.17) is 9.84 Å². The fourth-order valence-corrected chi connectivity index (χ4v) is 3.95. The van der Waals surface area contributed by atoms with Gasteiger partial charge in [0, 0.05) is 25.2 Å². The summed E-state index contributed by atoms with van der Waals surface area (Å²) in [5.74, 6) is 13.4. The van der Waals surface area contributed by atoms with Gasteiger partial charge < -0.3 is 14.9 Å². The van der Waals surface area contributed by atoms with E-state index in [2.05, 4.69) is 37.5 Å². The van der Waals surface area contributed by atoms with Crippen LogP contribution in [0.15, 0.2) is 11.6 Å². The number of hydrogen-bond acceptors (Lipinski definition) is 3. The second-order valence-electron chi connectivity index (χ2n) is 7.47. The number of carboxylic acids is 1. The lowest BCUT2D eigenvalue weighted by Gasteiger charge is -2.14. The van der Waals surface area contributed by atoms with Gasteiger partial charge in [0.1, 0.15) is 6.61 Å². The van der Waals surface area contributed by atoms with Crippen molar-refractivity contribution in [3.05, 3.63) is 11.6 Å². The monoisotopic (exact) mass is 358 g/mol. The molecule has 4 heteroatoms. The molecule has 0 unspecified atom stereocenters. The lowest BCUT2D eigenvalue weighted by molar-refractivity contribution is -0.141. The first-order chi connectivity index (χ1) is 12.5. The molecular weight excluding hydrogens is 328 g/mol. The van der Waals surface area contributed by atoms with Gasteiger partial charge in [0.15, 0.2) is 0 Å². The first kappa shape index (κ1) is 20.6. The lowest BCUT2D eigenvalue weighted by atomic mass is 9.91. The van der Waals surface area contributed by atoms with Crippen LogP contribution in [-0.2, 0) is 9.53 Å². The highest BCUT2D eigenvalue weighted by atomic mass is 16.5. The minimum Gasteiger partial charge on any atom is -0.480 e. The van der Waals surface area contributed by atoms with E-state index in [-0.39, 0.29) is 18.6 Å². The van der Waals surface area contributed by atoms with Crippen LogP contribution in [0.2, 0.25) is 0 Å². The van der Waals surface area contributed by atoms with Crippen LogP contribution in [0, 0.1) is 47.4 Å². The molecular formula is C22H30O4. The van der Waals surface area contributed by atoms with Gasteiger partial charge in [0.2, 0.25) is 0 Å². The third-order valence-electron chi connectivity index (χ3n) is 5.23. The molecule has 0 aromatic heterocycles. The number of fused-ring (bicyclic) bond motifs is 1. The van der Waals surface area contributed by atoms with Gasteiger partial charge in [-0.25, -0.2) is 4.79 Å². The fraction of sp³-hybridized carbons (Fsp3) is 0.682. The maximum absolute atomic E-state index is 10.5. The van der Waals surface area contributed by atoms with E-state index >= 15 is 0 Å². The smallest absolute Gasteiger partial charge is 0.329 e. The molecule has 2 saturated carbocycles. The minimum atomic E-state index is -0.944. The van der Waals surface area contributed by atoms with Crippen LogP contribution >= 0.6 is 0 Å². The van der Waals surface area contributed by atoms with E-state index in [0.29, 0.717) is 24.4 Å². The summed E-state index contributed by atoms with van der Waals surface area (Å²) in [5.41, 5.74) is 1.31. The van der Waals surface area contributed by atoms with Crippen molar-refractivity contribution in [1.82, 2.24) is 0 Å². The van der Waals surface area contributed by atoms with Gasteiger partial charge in [0.25, 0.3) is 0 Å². The predicted octanol–water partition coefficient (Wildman–Crippen LogP) is 3.25.